The molecule has 2 nitrogen and oxygen atoms in total. The molecule has 2 saturated heterocycles. The van der Waals surface area contributed by atoms with Crippen LogP contribution in [-0.4, -0.2) is 27.3 Å². The second-order valence-corrected chi connectivity index (χ2v) is 14.0. The molecule has 2 aromatic carbocycles. The molecule has 0 radical (unpaired) electrons. The summed E-state index contributed by atoms with van der Waals surface area (Å²) in [4.78, 5) is 0. The SMILES string of the molecule is CC1(C)CC(c2ccc(CCc3ccc(C4CC(C)(C)N(F)C(C)(C)C4)cc3)cc2)CC(C)(C)N1. The second-order valence-electron chi connectivity index (χ2n) is 14.0. The molecule has 35 heavy (non-hydrogen) atoms. The van der Waals surface area contributed by atoms with E-state index in [1.807, 2.05) is 27.7 Å². The van der Waals surface area contributed by atoms with Crippen LogP contribution in [0.1, 0.15) is 115 Å². The fourth-order valence-corrected chi connectivity index (χ4v) is 7.25. The molecule has 0 atom stereocenters. The van der Waals surface area contributed by atoms with E-state index < -0.39 is 11.1 Å². The lowest BCUT2D eigenvalue weighted by molar-refractivity contribution is -0.173. The van der Waals surface area contributed by atoms with Crippen molar-refractivity contribution in [2.45, 2.75) is 128 Å². The predicted molar refractivity (Wildman–Crippen MR) is 147 cm³/mol. The van der Waals surface area contributed by atoms with Gasteiger partial charge in [-0.2, -0.15) is 0 Å². The van der Waals surface area contributed by atoms with E-state index >= 15 is 0 Å². The van der Waals surface area contributed by atoms with Crippen LogP contribution in [0.2, 0.25) is 0 Å². The Morgan fingerprint density at radius 2 is 0.971 bits per heavy atom. The number of rotatable bonds is 5. The molecule has 2 aliphatic rings. The molecule has 0 amide bonds. The highest BCUT2D eigenvalue weighted by molar-refractivity contribution is 5.30. The molecule has 0 saturated carbocycles. The van der Waals surface area contributed by atoms with Gasteiger partial charge in [0.05, 0.1) is 0 Å². The van der Waals surface area contributed by atoms with Gasteiger partial charge >= 0.3 is 0 Å². The molecule has 0 spiro atoms. The Kier molecular flexibility index (Phi) is 7.01. The van der Waals surface area contributed by atoms with Gasteiger partial charge in [0.25, 0.3) is 0 Å². The number of hydrogen-bond donors (Lipinski definition) is 1. The summed E-state index contributed by atoms with van der Waals surface area (Å²) in [6, 6.07) is 18.5. The minimum absolute atomic E-state index is 0.172. The van der Waals surface area contributed by atoms with Crippen LogP contribution >= 0.6 is 0 Å². The largest absolute Gasteiger partial charge is 0.307 e. The van der Waals surface area contributed by atoms with Gasteiger partial charge in [0, 0.05) is 22.2 Å². The Labute approximate surface area is 213 Å². The number of piperidine rings is 2. The van der Waals surface area contributed by atoms with Gasteiger partial charge in [-0.1, -0.05) is 48.5 Å². The van der Waals surface area contributed by atoms with Crippen molar-refractivity contribution in [3.8, 4) is 0 Å². The minimum Gasteiger partial charge on any atom is -0.307 e. The zero-order valence-corrected chi connectivity index (χ0v) is 23.3. The standard InChI is InChI=1S/C32H47FN2/c1-29(2)19-27(20-30(3,4)34-29)25-15-11-23(12-16-25)9-10-24-13-17-26(18-14-24)28-21-31(5,6)35(33)32(7,8)22-28/h11-18,27-28,34H,9-10,19-22H2,1-8H3. The molecule has 2 aliphatic heterocycles. The summed E-state index contributed by atoms with van der Waals surface area (Å²) in [6.45, 7) is 17.4. The van der Waals surface area contributed by atoms with Crippen LogP contribution in [0.4, 0.5) is 4.48 Å². The van der Waals surface area contributed by atoms with E-state index in [1.54, 1.807) is 0 Å². The van der Waals surface area contributed by atoms with Crippen molar-refractivity contribution in [1.82, 2.24) is 10.4 Å². The van der Waals surface area contributed by atoms with E-state index in [-0.39, 0.29) is 11.1 Å². The van der Waals surface area contributed by atoms with Crippen LogP contribution in [0.15, 0.2) is 48.5 Å². The van der Waals surface area contributed by atoms with Crippen LogP contribution < -0.4 is 5.32 Å². The van der Waals surface area contributed by atoms with E-state index in [0.717, 1.165) is 30.8 Å². The maximum atomic E-state index is 14.8. The number of halogens is 1. The quantitative estimate of drug-likeness (QED) is 0.437. The molecule has 0 aromatic heterocycles. The molecule has 3 heteroatoms. The van der Waals surface area contributed by atoms with Gasteiger partial charge in [0.1, 0.15) is 0 Å². The fraction of sp³-hybridized carbons (Fsp3) is 0.625. The summed E-state index contributed by atoms with van der Waals surface area (Å²) in [5.41, 5.74) is 5.08. The lowest BCUT2D eigenvalue weighted by atomic mass is 9.73. The normalized spacial score (nSPS) is 24.4. The first-order valence-corrected chi connectivity index (χ1v) is 13.6. The van der Waals surface area contributed by atoms with Gasteiger partial charge in [0.15, 0.2) is 0 Å². The maximum absolute atomic E-state index is 14.8. The molecule has 2 heterocycles. The van der Waals surface area contributed by atoms with Crippen molar-refractivity contribution in [2.75, 3.05) is 0 Å². The lowest BCUT2D eigenvalue weighted by Crippen LogP contribution is -2.57. The van der Waals surface area contributed by atoms with Gasteiger partial charge in [0.2, 0.25) is 0 Å². The zero-order chi connectivity index (χ0) is 25.6. The van der Waals surface area contributed by atoms with Gasteiger partial charge in [-0.05, 0) is 128 Å². The zero-order valence-electron chi connectivity index (χ0n) is 23.3. The van der Waals surface area contributed by atoms with Crippen molar-refractivity contribution >= 4 is 0 Å². The molecule has 1 N–H and O–H groups in total. The molecular weight excluding hydrogens is 431 g/mol. The highest BCUT2D eigenvalue weighted by atomic mass is 19.2. The summed E-state index contributed by atoms with van der Waals surface area (Å²) in [5, 5.41) is 4.87. The maximum Gasteiger partial charge on any atom is 0.0468 e. The first kappa shape index (κ1) is 26.4. The van der Waals surface area contributed by atoms with Crippen molar-refractivity contribution in [2.24, 2.45) is 0 Å². The van der Waals surface area contributed by atoms with Crippen LogP contribution in [-0.2, 0) is 12.8 Å². The number of nitrogens with zero attached hydrogens (tertiary/aromatic N) is 1. The molecular formula is C32H47FN2. The van der Waals surface area contributed by atoms with Gasteiger partial charge < -0.3 is 5.32 Å². The van der Waals surface area contributed by atoms with Gasteiger partial charge in [-0.25, -0.2) is 0 Å². The van der Waals surface area contributed by atoms with Crippen LogP contribution in [0.25, 0.3) is 0 Å². The molecule has 192 valence electrons. The smallest absolute Gasteiger partial charge is 0.0468 e. The molecule has 2 aromatic rings. The first-order valence-electron chi connectivity index (χ1n) is 13.6. The van der Waals surface area contributed by atoms with Crippen LogP contribution in [0.5, 0.6) is 0 Å². The molecule has 0 unspecified atom stereocenters. The first-order chi connectivity index (χ1) is 16.2. The third-order valence-corrected chi connectivity index (χ3v) is 8.35. The van der Waals surface area contributed by atoms with Crippen LogP contribution in [0, 0.1) is 0 Å². The van der Waals surface area contributed by atoms with Crippen molar-refractivity contribution < 1.29 is 4.48 Å². The Hall–Kier alpha value is -1.71. The Morgan fingerprint density at radius 3 is 1.34 bits per heavy atom. The topological polar surface area (TPSA) is 15.3 Å². The van der Waals surface area contributed by atoms with Crippen molar-refractivity contribution in [3.05, 3.63) is 70.8 Å². The molecule has 0 bridgehead atoms. The monoisotopic (exact) mass is 478 g/mol. The lowest BCUT2D eigenvalue weighted by Gasteiger charge is -2.50. The second kappa shape index (κ2) is 9.30. The molecule has 0 aliphatic carbocycles. The van der Waals surface area contributed by atoms with Crippen LogP contribution in [0.3, 0.4) is 0 Å². The van der Waals surface area contributed by atoms with Gasteiger partial charge in [-0.15, -0.1) is 9.60 Å². The predicted octanol–water partition coefficient (Wildman–Crippen LogP) is 8.12. The summed E-state index contributed by atoms with van der Waals surface area (Å²) in [6.07, 6.45) is 6.17. The Bertz CT molecular complexity index is 967. The van der Waals surface area contributed by atoms with E-state index in [0.29, 0.717) is 11.8 Å². The van der Waals surface area contributed by atoms with E-state index in [9.17, 15) is 4.48 Å². The molecule has 2 fully saturated rings. The number of nitrogens with one attached hydrogen (secondary N) is 1. The Balaban J connectivity index is 1.36. The summed E-state index contributed by atoms with van der Waals surface area (Å²) in [7, 11) is 0. The average Bonchev–Trinajstić information content (AvgIpc) is 2.74. The average molecular weight is 479 g/mol. The summed E-state index contributed by atoms with van der Waals surface area (Å²) >= 11 is 0. The highest BCUT2D eigenvalue weighted by Crippen LogP contribution is 2.46. The Morgan fingerprint density at radius 1 is 0.629 bits per heavy atom. The number of hydrogen-bond acceptors (Lipinski definition) is 2. The van der Waals surface area contributed by atoms with E-state index in [1.165, 1.54) is 35.1 Å². The summed E-state index contributed by atoms with van der Waals surface area (Å²) in [5.74, 6) is 1.01. The summed E-state index contributed by atoms with van der Waals surface area (Å²) < 4.78 is 14.8. The van der Waals surface area contributed by atoms with Crippen molar-refractivity contribution in [1.29, 1.82) is 0 Å². The number of benzene rings is 2. The minimum atomic E-state index is -0.434. The van der Waals surface area contributed by atoms with Gasteiger partial charge in [-0.3, -0.25) is 0 Å². The highest BCUT2D eigenvalue weighted by Gasteiger charge is 2.46. The number of aryl methyl sites for hydroxylation is 2. The van der Waals surface area contributed by atoms with Crippen molar-refractivity contribution in [3.63, 3.8) is 0 Å². The van der Waals surface area contributed by atoms with E-state index in [4.69, 9.17) is 0 Å². The third kappa shape index (κ3) is 6.17. The third-order valence-electron chi connectivity index (χ3n) is 8.35. The fourth-order valence-electron chi connectivity index (χ4n) is 7.25. The molecule has 4 rings (SSSR count). The van der Waals surface area contributed by atoms with E-state index in [2.05, 4.69) is 81.5 Å².